The fourth-order valence-electron chi connectivity index (χ4n) is 3.27. The predicted octanol–water partition coefficient (Wildman–Crippen LogP) is 5.47. The lowest BCUT2D eigenvalue weighted by Gasteiger charge is -2.09. The van der Waals surface area contributed by atoms with Gasteiger partial charge in [-0.3, -0.25) is 9.59 Å². The number of nitrogens with one attached hydrogen (secondary N) is 2. The van der Waals surface area contributed by atoms with Crippen LogP contribution in [0.5, 0.6) is 0 Å². The van der Waals surface area contributed by atoms with Crippen LogP contribution >= 0.6 is 23.2 Å². The van der Waals surface area contributed by atoms with Gasteiger partial charge in [-0.05, 0) is 53.8 Å². The van der Waals surface area contributed by atoms with E-state index in [9.17, 15) is 9.59 Å². The quantitative estimate of drug-likeness (QED) is 0.696. The van der Waals surface area contributed by atoms with Crippen LogP contribution in [0.25, 0.3) is 0 Å². The molecule has 140 valence electrons. The number of amides is 2. The van der Waals surface area contributed by atoms with Crippen LogP contribution in [0.1, 0.15) is 24.2 Å². The zero-order chi connectivity index (χ0) is 19.6. The van der Waals surface area contributed by atoms with Crippen LogP contribution in [0.2, 0.25) is 0 Å². The Morgan fingerprint density at radius 2 is 1.48 bits per heavy atom. The molecule has 2 aromatic carbocycles. The fraction of sp³-hybridized carbons (Fsp3) is 0.238. The predicted molar refractivity (Wildman–Crippen MR) is 110 cm³/mol. The summed E-state index contributed by atoms with van der Waals surface area (Å²) >= 11 is 11.5. The van der Waals surface area contributed by atoms with Crippen molar-refractivity contribution in [3.05, 3.63) is 70.7 Å². The first kappa shape index (κ1) is 19.5. The SMILES string of the molecule is CC1(C)C(C=C(Cl)Cl)C1C(=O)Nc1ccc(NC(=O)c2ccccc2)cc1. The Labute approximate surface area is 168 Å². The fourth-order valence-corrected chi connectivity index (χ4v) is 3.55. The van der Waals surface area contributed by atoms with E-state index in [1.807, 2.05) is 32.0 Å². The topological polar surface area (TPSA) is 58.2 Å². The summed E-state index contributed by atoms with van der Waals surface area (Å²) in [6, 6.07) is 16.0. The normalized spacial score (nSPS) is 19.7. The lowest BCUT2D eigenvalue weighted by Crippen LogP contribution is -2.17. The van der Waals surface area contributed by atoms with Crippen molar-refractivity contribution in [2.45, 2.75) is 13.8 Å². The zero-order valence-corrected chi connectivity index (χ0v) is 16.5. The molecule has 2 amide bonds. The number of halogens is 2. The standard InChI is InChI=1S/C21H20Cl2N2O2/c1-21(2)16(12-17(22)23)18(21)20(27)25-15-10-8-14(9-11-15)24-19(26)13-6-4-3-5-7-13/h3-12,16,18H,1-2H3,(H,24,26)(H,25,27). The highest BCUT2D eigenvalue weighted by Crippen LogP contribution is 2.60. The van der Waals surface area contributed by atoms with Crippen LogP contribution in [-0.2, 0) is 4.79 Å². The second-order valence-corrected chi connectivity index (χ2v) is 8.18. The third-order valence-electron chi connectivity index (χ3n) is 4.94. The molecule has 0 heterocycles. The largest absolute Gasteiger partial charge is 0.326 e. The highest BCUT2D eigenvalue weighted by Gasteiger charge is 2.60. The molecule has 0 bridgehead atoms. The van der Waals surface area contributed by atoms with E-state index in [0.717, 1.165) is 0 Å². The minimum Gasteiger partial charge on any atom is -0.326 e. The summed E-state index contributed by atoms with van der Waals surface area (Å²) < 4.78 is 0.182. The first-order valence-corrected chi connectivity index (χ1v) is 9.35. The summed E-state index contributed by atoms with van der Waals surface area (Å²) in [6.45, 7) is 4.02. The first-order valence-electron chi connectivity index (χ1n) is 8.59. The van der Waals surface area contributed by atoms with Crippen LogP contribution in [0, 0.1) is 17.3 Å². The van der Waals surface area contributed by atoms with Crippen molar-refractivity contribution in [2.24, 2.45) is 17.3 Å². The molecule has 27 heavy (non-hydrogen) atoms. The molecule has 1 fully saturated rings. The third kappa shape index (κ3) is 4.52. The zero-order valence-electron chi connectivity index (χ0n) is 15.0. The summed E-state index contributed by atoms with van der Waals surface area (Å²) in [7, 11) is 0. The number of rotatable bonds is 5. The summed E-state index contributed by atoms with van der Waals surface area (Å²) in [4.78, 5) is 24.7. The first-order chi connectivity index (χ1) is 12.8. The Morgan fingerprint density at radius 3 is 2.04 bits per heavy atom. The van der Waals surface area contributed by atoms with Crippen LogP contribution in [0.3, 0.4) is 0 Å². The number of anilines is 2. The molecular formula is C21H20Cl2N2O2. The van der Waals surface area contributed by atoms with Crippen molar-refractivity contribution >= 4 is 46.4 Å². The molecule has 0 saturated heterocycles. The minimum absolute atomic E-state index is 0.0203. The Morgan fingerprint density at radius 1 is 0.926 bits per heavy atom. The molecule has 2 aromatic rings. The molecule has 2 unspecified atom stereocenters. The second-order valence-electron chi connectivity index (χ2n) is 7.17. The van der Waals surface area contributed by atoms with Gasteiger partial charge in [-0.1, -0.05) is 55.2 Å². The molecule has 0 aromatic heterocycles. The van der Waals surface area contributed by atoms with E-state index in [1.54, 1.807) is 42.5 Å². The van der Waals surface area contributed by atoms with Crippen molar-refractivity contribution in [2.75, 3.05) is 10.6 Å². The van der Waals surface area contributed by atoms with E-state index >= 15 is 0 Å². The summed E-state index contributed by atoms with van der Waals surface area (Å²) in [5, 5.41) is 5.73. The van der Waals surface area contributed by atoms with Gasteiger partial charge in [-0.2, -0.15) is 0 Å². The molecule has 1 aliphatic carbocycles. The molecule has 0 spiro atoms. The van der Waals surface area contributed by atoms with Crippen LogP contribution in [0.4, 0.5) is 11.4 Å². The number of hydrogen-bond acceptors (Lipinski definition) is 2. The van der Waals surface area contributed by atoms with E-state index in [0.29, 0.717) is 16.9 Å². The van der Waals surface area contributed by atoms with Gasteiger partial charge in [0.1, 0.15) is 4.49 Å². The summed E-state index contributed by atoms with van der Waals surface area (Å²) in [5.74, 6) is -0.411. The van der Waals surface area contributed by atoms with Gasteiger partial charge in [0, 0.05) is 16.9 Å². The number of hydrogen-bond donors (Lipinski definition) is 2. The van der Waals surface area contributed by atoms with E-state index in [4.69, 9.17) is 23.2 Å². The van der Waals surface area contributed by atoms with Crippen molar-refractivity contribution < 1.29 is 9.59 Å². The van der Waals surface area contributed by atoms with Gasteiger partial charge in [0.15, 0.2) is 0 Å². The van der Waals surface area contributed by atoms with Crippen molar-refractivity contribution in [3.63, 3.8) is 0 Å². The highest BCUT2D eigenvalue weighted by atomic mass is 35.5. The molecule has 2 N–H and O–H groups in total. The molecule has 3 rings (SSSR count). The average molecular weight is 403 g/mol. The van der Waals surface area contributed by atoms with E-state index in [-0.39, 0.29) is 33.6 Å². The molecule has 1 aliphatic rings. The van der Waals surface area contributed by atoms with Crippen LogP contribution < -0.4 is 10.6 Å². The minimum atomic E-state index is -0.181. The number of carbonyl (C=O) groups excluding carboxylic acids is 2. The van der Waals surface area contributed by atoms with Gasteiger partial charge in [0.05, 0.1) is 5.92 Å². The van der Waals surface area contributed by atoms with E-state index < -0.39 is 0 Å². The Hall–Kier alpha value is -2.30. The number of carbonyl (C=O) groups is 2. The molecule has 6 heteroatoms. The monoisotopic (exact) mass is 402 g/mol. The lowest BCUT2D eigenvalue weighted by atomic mass is 10.1. The molecular weight excluding hydrogens is 383 g/mol. The Balaban J connectivity index is 1.60. The third-order valence-corrected chi connectivity index (χ3v) is 5.20. The lowest BCUT2D eigenvalue weighted by molar-refractivity contribution is -0.118. The smallest absolute Gasteiger partial charge is 0.255 e. The van der Waals surface area contributed by atoms with Crippen molar-refractivity contribution in [1.82, 2.24) is 0 Å². The van der Waals surface area contributed by atoms with E-state index in [2.05, 4.69) is 10.6 Å². The second kappa shape index (κ2) is 7.75. The van der Waals surface area contributed by atoms with Gasteiger partial charge in [-0.15, -0.1) is 0 Å². The van der Waals surface area contributed by atoms with Crippen molar-refractivity contribution in [3.8, 4) is 0 Å². The molecule has 0 radical (unpaired) electrons. The van der Waals surface area contributed by atoms with Crippen LogP contribution in [0.15, 0.2) is 65.2 Å². The van der Waals surface area contributed by atoms with Crippen LogP contribution in [-0.4, -0.2) is 11.8 Å². The molecule has 1 saturated carbocycles. The maximum absolute atomic E-state index is 12.5. The molecule has 0 aliphatic heterocycles. The van der Waals surface area contributed by atoms with Gasteiger partial charge in [0.25, 0.3) is 5.91 Å². The Bertz CT molecular complexity index is 873. The Kier molecular flexibility index (Phi) is 5.59. The maximum atomic E-state index is 12.5. The highest BCUT2D eigenvalue weighted by molar-refractivity contribution is 6.55. The summed E-state index contributed by atoms with van der Waals surface area (Å²) in [5.41, 5.74) is 1.73. The van der Waals surface area contributed by atoms with Crippen molar-refractivity contribution in [1.29, 1.82) is 0 Å². The molecule has 4 nitrogen and oxygen atoms in total. The summed E-state index contributed by atoms with van der Waals surface area (Å²) in [6.07, 6.45) is 1.72. The number of benzene rings is 2. The van der Waals surface area contributed by atoms with E-state index in [1.165, 1.54) is 0 Å². The number of allylic oxidation sites excluding steroid dienone is 1. The van der Waals surface area contributed by atoms with Gasteiger partial charge < -0.3 is 10.6 Å². The molecule has 2 atom stereocenters. The average Bonchev–Trinajstić information content (AvgIpc) is 3.16. The van der Waals surface area contributed by atoms with Gasteiger partial charge in [0.2, 0.25) is 5.91 Å². The maximum Gasteiger partial charge on any atom is 0.255 e. The van der Waals surface area contributed by atoms with Gasteiger partial charge in [-0.25, -0.2) is 0 Å². The van der Waals surface area contributed by atoms with Gasteiger partial charge >= 0.3 is 0 Å².